The van der Waals surface area contributed by atoms with E-state index in [-0.39, 0.29) is 0 Å². The Labute approximate surface area is 75.7 Å². The van der Waals surface area contributed by atoms with Crippen molar-refractivity contribution in [2.45, 2.75) is 32.6 Å². The summed E-state index contributed by atoms with van der Waals surface area (Å²) in [5.74, 6) is 0. The zero-order valence-electron chi connectivity index (χ0n) is 8.03. The average Bonchev–Trinajstić information content (AvgIpc) is 2.46. The van der Waals surface area contributed by atoms with Gasteiger partial charge in [0, 0.05) is 0 Å². The minimum atomic E-state index is 0.539. The first-order chi connectivity index (χ1) is 5.71. The fourth-order valence-electron chi connectivity index (χ4n) is 2.38. The quantitative estimate of drug-likeness (QED) is 0.474. The van der Waals surface area contributed by atoms with Crippen molar-refractivity contribution in [2.24, 2.45) is 5.41 Å². The van der Waals surface area contributed by atoms with Gasteiger partial charge in [-0.1, -0.05) is 30.7 Å². The predicted octanol–water partition coefficient (Wildman–Crippen LogP) is 3.87. The van der Waals surface area contributed by atoms with Gasteiger partial charge in [-0.2, -0.15) is 0 Å². The monoisotopic (exact) mass is 162 g/mol. The van der Waals surface area contributed by atoms with Crippen LogP contribution in [0.25, 0.3) is 0 Å². The minimum Gasteiger partial charge on any atom is -0.106 e. The molecule has 2 aliphatic rings. The van der Waals surface area contributed by atoms with Gasteiger partial charge in [-0.25, -0.2) is 0 Å². The molecule has 0 amide bonds. The molecule has 0 heteroatoms. The van der Waals surface area contributed by atoms with Gasteiger partial charge in [-0.3, -0.25) is 0 Å². The average molecular weight is 162 g/mol. The molecule has 0 aliphatic heterocycles. The van der Waals surface area contributed by atoms with E-state index < -0.39 is 0 Å². The Kier molecular flexibility index (Phi) is 2.56. The van der Waals surface area contributed by atoms with E-state index in [4.69, 9.17) is 0 Å². The van der Waals surface area contributed by atoms with Gasteiger partial charge in [0.2, 0.25) is 0 Å². The molecule has 0 aromatic carbocycles. The van der Waals surface area contributed by atoms with Gasteiger partial charge < -0.3 is 0 Å². The van der Waals surface area contributed by atoms with Gasteiger partial charge in [0.05, 0.1) is 0 Å². The zero-order valence-corrected chi connectivity index (χ0v) is 8.03. The van der Waals surface area contributed by atoms with Crippen LogP contribution in [0.1, 0.15) is 32.6 Å². The second kappa shape index (κ2) is 3.30. The highest BCUT2D eigenvalue weighted by atomic mass is 14.4. The third-order valence-corrected chi connectivity index (χ3v) is 2.95. The fourth-order valence-corrected chi connectivity index (χ4v) is 2.38. The first kappa shape index (κ1) is 9.31. The third kappa shape index (κ3) is 1.38. The summed E-state index contributed by atoms with van der Waals surface area (Å²) >= 11 is 0. The molecule has 12 heavy (non-hydrogen) atoms. The smallest absolute Gasteiger partial charge is 0.00729 e. The summed E-state index contributed by atoms with van der Waals surface area (Å²) in [6, 6.07) is 0. The number of rotatable bonds is 0. The molecular formula is C12H18. The molecule has 1 saturated carbocycles. The largest absolute Gasteiger partial charge is 0.106 e. The Hall–Kier alpha value is -0.780. The van der Waals surface area contributed by atoms with E-state index >= 15 is 0 Å². The van der Waals surface area contributed by atoms with Crippen molar-refractivity contribution in [2.75, 3.05) is 0 Å². The van der Waals surface area contributed by atoms with Gasteiger partial charge in [0.1, 0.15) is 0 Å². The van der Waals surface area contributed by atoms with Crippen LogP contribution in [-0.2, 0) is 0 Å². The van der Waals surface area contributed by atoms with Gasteiger partial charge in [0.25, 0.3) is 0 Å². The summed E-state index contributed by atoms with van der Waals surface area (Å²) in [4.78, 5) is 0. The maximum atomic E-state index is 4.01. The van der Waals surface area contributed by atoms with E-state index in [1.807, 2.05) is 0 Å². The molecule has 0 spiro atoms. The minimum absolute atomic E-state index is 0.539. The molecule has 0 N–H and O–H groups in total. The lowest BCUT2D eigenvalue weighted by Crippen LogP contribution is -2.08. The van der Waals surface area contributed by atoms with Crippen LogP contribution in [0.15, 0.2) is 37.0 Å². The molecule has 2 rings (SSSR count). The third-order valence-electron chi connectivity index (χ3n) is 2.95. The molecule has 0 heterocycles. The lowest BCUT2D eigenvalue weighted by Gasteiger charge is -2.19. The van der Waals surface area contributed by atoms with E-state index in [9.17, 15) is 0 Å². The summed E-state index contributed by atoms with van der Waals surface area (Å²) in [5.41, 5.74) is 3.55. The van der Waals surface area contributed by atoms with Crippen LogP contribution in [0.2, 0.25) is 0 Å². The zero-order chi connectivity index (χ0) is 9.19. The van der Waals surface area contributed by atoms with Crippen LogP contribution in [-0.4, -0.2) is 0 Å². The fraction of sp³-hybridized carbons (Fsp3) is 0.500. The first-order valence-corrected chi connectivity index (χ1v) is 4.60. The highest BCUT2D eigenvalue weighted by molar-refractivity contribution is 5.36. The van der Waals surface area contributed by atoms with Crippen molar-refractivity contribution >= 4 is 0 Å². The highest BCUT2D eigenvalue weighted by Crippen LogP contribution is 2.51. The molecule has 1 unspecified atom stereocenters. The highest BCUT2D eigenvalue weighted by Gasteiger charge is 2.37. The summed E-state index contributed by atoms with van der Waals surface area (Å²) in [6.07, 6.45) is 7.65. The molecule has 0 nitrogen and oxygen atoms in total. The Bertz CT molecular complexity index is 222. The van der Waals surface area contributed by atoms with Crippen LogP contribution in [0.5, 0.6) is 0 Å². The molecule has 66 valence electrons. The van der Waals surface area contributed by atoms with E-state index in [2.05, 4.69) is 32.7 Å². The molecule has 0 bridgehead atoms. The molecule has 0 aromatic heterocycles. The Morgan fingerprint density at radius 2 is 2.08 bits per heavy atom. The van der Waals surface area contributed by atoms with Gasteiger partial charge in [-0.15, -0.1) is 13.2 Å². The van der Waals surface area contributed by atoms with E-state index in [1.54, 1.807) is 5.57 Å². The lowest BCUT2D eigenvalue weighted by atomic mass is 9.85. The first-order valence-electron chi connectivity index (χ1n) is 4.60. The predicted molar refractivity (Wildman–Crippen MR) is 55.1 cm³/mol. The van der Waals surface area contributed by atoms with E-state index in [1.165, 1.54) is 31.3 Å². The van der Waals surface area contributed by atoms with Crippen LogP contribution >= 0.6 is 0 Å². The van der Waals surface area contributed by atoms with Crippen LogP contribution in [0.3, 0.4) is 0 Å². The topological polar surface area (TPSA) is 0 Å². The number of fused-ring (bicyclic) bond motifs is 1. The maximum Gasteiger partial charge on any atom is -0.00729 e. The molecular weight excluding hydrogens is 144 g/mol. The van der Waals surface area contributed by atoms with Crippen LogP contribution in [0.4, 0.5) is 0 Å². The van der Waals surface area contributed by atoms with E-state index in [0.29, 0.717) is 5.41 Å². The van der Waals surface area contributed by atoms with Crippen molar-refractivity contribution in [3.05, 3.63) is 37.0 Å². The standard InChI is InChI=1S/C10H14.C2H4/c1-8-6-9-4-3-5-10(9,2)7-8;1-2/h6H,1,3-5,7H2,2H3;1-2H2. The maximum absolute atomic E-state index is 4.01. The Morgan fingerprint density at radius 3 is 2.67 bits per heavy atom. The molecule has 2 aliphatic carbocycles. The summed E-state index contributed by atoms with van der Waals surface area (Å²) in [6.45, 7) is 12.4. The summed E-state index contributed by atoms with van der Waals surface area (Å²) in [7, 11) is 0. The SMILES string of the molecule is C=C.C=C1C=C2CCCC2(C)C1. The lowest BCUT2D eigenvalue weighted by molar-refractivity contribution is 0.426. The van der Waals surface area contributed by atoms with Crippen molar-refractivity contribution in [1.82, 2.24) is 0 Å². The van der Waals surface area contributed by atoms with Crippen LogP contribution in [0, 0.1) is 5.41 Å². The van der Waals surface area contributed by atoms with Gasteiger partial charge in [0.15, 0.2) is 0 Å². The molecule has 0 aromatic rings. The van der Waals surface area contributed by atoms with Crippen molar-refractivity contribution in [1.29, 1.82) is 0 Å². The number of allylic oxidation sites excluding steroid dienone is 3. The number of hydrogen-bond donors (Lipinski definition) is 0. The molecule has 1 fully saturated rings. The Balaban J connectivity index is 0.000000336. The van der Waals surface area contributed by atoms with Gasteiger partial charge in [-0.05, 0) is 31.1 Å². The van der Waals surface area contributed by atoms with Gasteiger partial charge >= 0.3 is 0 Å². The van der Waals surface area contributed by atoms with Crippen LogP contribution < -0.4 is 0 Å². The van der Waals surface area contributed by atoms with Crippen molar-refractivity contribution in [3.8, 4) is 0 Å². The second-order valence-corrected chi connectivity index (χ2v) is 3.92. The normalized spacial score (nSPS) is 32.1. The summed E-state index contributed by atoms with van der Waals surface area (Å²) in [5, 5.41) is 0. The van der Waals surface area contributed by atoms with E-state index in [0.717, 1.165) is 0 Å². The number of hydrogen-bond acceptors (Lipinski definition) is 0. The molecule has 1 atom stereocenters. The summed E-state index contributed by atoms with van der Waals surface area (Å²) < 4.78 is 0. The molecule has 0 saturated heterocycles. The van der Waals surface area contributed by atoms with Crippen molar-refractivity contribution < 1.29 is 0 Å². The Morgan fingerprint density at radius 1 is 1.42 bits per heavy atom. The molecule has 0 radical (unpaired) electrons. The second-order valence-electron chi connectivity index (χ2n) is 3.92. The van der Waals surface area contributed by atoms with Crippen molar-refractivity contribution in [3.63, 3.8) is 0 Å².